The molecule has 0 saturated carbocycles. The molecular weight excluding hydrogens is 620 g/mol. The average Bonchev–Trinajstić information content (AvgIpc) is 3.56. The van der Waals surface area contributed by atoms with Gasteiger partial charge in [-0.1, -0.05) is 13.0 Å². The fraction of sp³-hybridized carbons (Fsp3) is 0.484. The number of benzene rings is 1. The van der Waals surface area contributed by atoms with Crippen molar-refractivity contribution in [2.24, 2.45) is 5.92 Å². The molecule has 5 heterocycles. The number of alkyl halides is 1. The van der Waals surface area contributed by atoms with Crippen molar-refractivity contribution in [2.75, 3.05) is 32.1 Å². The molecular formula is C31H37FN5O6PS. The molecule has 240 valence electrons. The molecule has 3 fully saturated rings. The second-order valence-corrected chi connectivity index (χ2v) is 15.4. The molecule has 0 bridgehead atoms. The number of hydrogen-bond acceptors (Lipinski definition) is 7. The smallest absolute Gasteiger partial charge is 0.363 e. The Hall–Kier alpha value is -3.38. The van der Waals surface area contributed by atoms with Crippen molar-refractivity contribution in [3.05, 3.63) is 58.7 Å². The number of carbonyl (C=O) groups is 3. The van der Waals surface area contributed by atoms with E-state index in [0.717, 1.165) is 35.4 Å². The van der Waals surface area contributed by atoms with Gasteiger partial charge in [-0.15, -0.1) is 11.3 Å². The summed E-state index contributed by atoms with van der Waals surface area (Å²) in [6.07, 6.45) is 6.13. The minimum Gasteiger partial charge on any atom is -0.377 e. The Bertz CT molecular complexity index is 1690. The van der Waals surface area contributed by atoms with Gasteiger partial charge in [0.05, 0.1) is 4.88 Å². The van der Waals surface area contributed by atoms with Gasteiger partial charge in [-0.05, 0) is 66.8 Å². The van der Waals surface area contributed by atoms with E-state index in [9.17, 15) is 33.1 Å². The number of hydrogen-bond donors (Lipinski definition) is 3. The normalized spacial score (nSPS) is 24.6. The van der Waals surface area contributed by atoms with Gasteiger partial charge >= 0.3 is 7.60 Å². The first-order chi connectivity index (χ1) is 21.3. The Morgan fingerprint density at radius 3 is 2.62 bits per heavy atom. The van der Waals surface area contributed by atoms with E-state index in [-0.39, 0.29) is 35.3 Å². The predicted octanol–water partition coefficient (Wildman–Crippen LogP) is 4.02. The van der Waals surface area contributed by atoms with Gasteiger partial charge in [0.25, 0.3) is 5.91 Å². The van der Waals surface area contributed by atoms with Crippen LogP contribution < -0.4 is 10.2 Å². The van der Waals surface area contributed by atoms with Crippen LogP contribution >= 0.6 is 18.9 Å². The summed E-state index contributed by atoms with van der Waals surface area (Å²) in [7, 11) is -1.02. The summed E-state index contributed by atoms with van der Waals surface area (Å²) in [4.78, 5) is 69.7. The molecule has 0 radical (unpaired) electrons. The average molecular weight is 658 g/mol. The number of anilines is 1. The number of halogens is 1. The minimum absolute atomic E-state index is 0.0567. The van der Waals surface area contributed by atoms with E-state index >= 15 is 0 Å². The third kappa shape index (κ3) is 6.10. The lowest BCUT2D eigenvalue weighted by Gasteiger charge is -2.43. The number of likely N-dealkylation sites (tertiary alicyclic amines) is 1. The van der Waals surface area contributed by atoms with Crippen LogP contribution in [0.2, 0.25) is 0 Å². The second-order valence-electron chi connectivity index (χ2n) is 12.7. The van der Waals surface area contributed by atoms with Crippen LogP contribution in [0, 0.1) is 5.92 Å². The number of nitrogens with one attached hydrogen (secondary N) is 1. The lowest BCUT2D eigenvalue weighted by Crippen LogP contribution is -2.58. The van der Waals surface area contributed by atoms with Gasteiger partial charge in [-0.25, -0.2) is 4.39 Å². The first kappa shape index (κ1) is 31.6. The number of carbonyl (C=O) groups excluding carboxylic acids is 3. The fourth-order valence-corrected chi connectivity index (χ4v) is 8.48. The van der Waals surface area contributed by atoms with Crippen LogP contribution in [0.5, 0.6) is 0 Å². The molecule has 3 aliphatic heterocycles. The third-order valence-corrected chi connectivity index (χ3v) is 11.2. The maximum absolute atomic E-state index is 14.3. The zero-order valence-corrected chi connectivity index (χ0v) is 27.0. The lowest BCUT2D eigenvalue weighted by molar-refractivity contribution is -0.148. The summed E-state index contributed by atoms with van der Waals surface area (Å²) >= 11 is 1.15. The quantitative estimate of drug-likeness (QED) is 0.324. The molecule has 3 saturated heterocycles. The number of amides is 3. The molecule has 3 aliphatic rings. The number of fused-ring (bicyclic) bond motifs is 2. The van der Waals surface area contributed by atoms with Crippen molar-refractivity contribution in [2.45, 2.75) is 62.6 Å². The first-order valence-electron chi connectivity index (χ1n) is 15.1. The van der Waals surface area contributed by atoms with E-state index in [2.05, 4.69) is 17.2 Å². The first-order valence-corrected chi connectivity index (χ1v) is 17.6. The van der Waals surface area contributed by atoms with E-state index in [0.29, 0.717) is 40.9 Å². The fourth-order valence-electron chi connectivity index (χ4n) is 6.99. The summed E-state index contributed by atoms with van der Waals surface area (Å²) < 4.78 is 26.3. The van der Waals surface area contributed by atoms with Crippen molar-refractivity contribution in [3.63, 3.8) is 0 Å². The Morgan fingerprint density at radius 2 is 1.91 bits per heavy atom. The number of pyridine rings is 1. The Balaban J connectivity index is 1.15. The lowest BCUT2D eigenvalue weighted by atomic mass is 9.90. The van der Waals surface area contributed by atoms with Crippen molar-refractivity contribution in [1.29, 1.82) is 0 Å². The zero-order valence-electron chi connectivity index (χ0n) is 25.3. The van der Waals surface area contributed by atoms with Crippen LogP contribution in [-0.4, -0.2) is 87.6 Å². The van der Waals surface area contributed by atoms with Gasteiger partial charge in [0, 0.05) is 67.5 Å². The zero-order chi connectivity index (χ0) is 32.2. The van der Waals surface area contributed by atoms with Crippen molar-refractivity contribution < 1.29 is 33.1 Å². The third-order valence-electron chi connectivity index (χ3n) is 9.24. The van der Waals surface area contributed by atoms with Gasteiger partial charge in [-0.3, -0.25) is 23.9 Å². The van der Waals surface area contributed by atoms with Crippen LogP contribution in [0.25, 0.3) is 10.1 Å². The van der Waals surface area contributed by atoms with Gasteiger partial charge < -0.3 is 29.8 Å². The Kier molecular flexibility index (Phi) is 8.49. The molecule has 3 aromatic rings. The predicted molar refractivity (Wildman–Crippen MR) is 169 cm³/mol. The molecule has 3 amide bonds. The van der Waals surface area contributed by atoms with Crippen LogP contribution in [0.15, 0.2) is 42.7 Å². The number of rotatable bonds is 7. The molecule has 3 N–H and O–H groups in total. The number of aromatic nitrogens is 1. The van der Waals surface area contributed by atoms with Gasteiger partial charge in [0.15, 0.2) is 0 Å². The summed E-state index contributed by atoms with van der Waals surface area (Å²) in [6.45, 7) is 3.18. The van der Waals surface area contributed by atoms with Crippen LogP contribution in [0.3, 0.4) is 0 Å². The number of thiophene rings is 1. The van der Waals surface area contributed by atoms with Crippen molar-refractivity contribution in [3.8, 4) is 0 Å². The molecule has 0 unspecified atom stereocenters. The second kappa shape index (κ2) is 12.1. The van der Waals surface area contributed by atoms with E-state index in [1.807, 2.05) is 36.2 Å². The van der Waals surface area contributed by atoms with Crippen molar-refractivity contribution >= 4 is 52.4 Å². The van der Waals surface area contributed by atoms with Crippen LogP contribution in [0.4, 0.5) is 10.1 Å². The van der Waals surface area contributed by atoms with Gasteiger partial charge in [-0.2, -0.15) is 0 Å². The topological polar surface area (TPSA) is 143 Å². The minimum atomic E-state index is -4.98. The number of nitrogens with zero attached hydrogens (tertiary/aromatic N) is 4. The molecule has 0 aliphatic carbocycles. The van der Waals surface area contributed by atoms with Crippen LogP contribution in [-0.2, 0) is 14.2 Å². The molecule has 14 heteroatoms. The SMILES string of the molecule is C[C@@H]1C[C@H]2CC[C@@H](C(=O)N3CC(c4cnccc4N(C)C)C3)N2C(=O)[C@@H](NC(=O)c2cc3cc([C@H](F)P(=O)(O)O)ccc3s2)C1. The molecule has 5 atom stereocenters. The Morgan fingerprint density at radius 1 is 1.16 bits per heavy atom. The van der Waals surface area contributed by atoms with E-state index in [1.165, 1.54) is 24.3 Å². The Labute approximate surface area is 264 Å². The highest BCUT2D eigenvalue weighted by Crippen LogP contribution is 2.53. The molecule has 45 heavy (non-hydrogen) atoms. The molecule has 0 spiro atoms. The van der Waals surface area contributed by atoms with Crippen molar-refractivity contribution in [1.82, 2.24) is 20.1 Å². The highest BCUT2D eigenvalue weighted by Gasteiger charge is 2.48. The maximum Gasteiger partial charge on any atom is 0.363 e. The summed E-state index contributed by atoms with van der Waals surface area (Å²) in [5.74, 6) is -2.91. The summed E-state index contributed by atoms with van der Waals surface area (Å²) in [5, 5.41) is 3.37. The maximum atomic E-state index is 14.3. The van der Waals surface area contributed by atoms with E-state index in [1.54, 1.807) is 11.1 Å². The highest BCUT2D eigenvalue weighted by atomic mass is 32.1. The molecule has 2 aromatic heterocycles. The standard InChI is InChI=1S/C31H37FN5O6PS/c1-17-10-21-5-6-25(31(40)36-15-20(16-36)22-14-33-9-8-24(22)35(2)3)37(21)30(39)23(11-17)34-29(38)27-13-19-12-18(4-7-26(19)45-27)28(32)44(41,42)43/h4,7-9,12-14,17,20-21,23,25,28H,5-6,10-11,15-16H2,1-3H3,(H,34,38)(H2,41,42,43)/t17-,21-,23+,25+,28-/m1/s1. The van der Waals surface area contributed by atoms with Crippen LogP contribution in [0.1, 0.15) is 65.2 Å². The van der Waals surface area contributed by atoms with Gasteiger partial charge in [0.2, 0.25) is 17.7 Å². The molecule has 1 aromatic carbocycles. The molecule has 11 nitrogen and oxygen atoms in total. The highest BCUT2D eigenvalue weighted by molar-refractivity contribution is 7.51. The molecule has 6 rings (SSSR count). The van der Waals surface area contributed by atoms with E-state index < -0.39 is 31.5 Å². The largest absolute Gasteiger partial charge is 0.377 e. The summed E-state index contributed by atoms with van der Waals surface area (Å²) in [6, 6.07) is 6.20. The van der Waals surface area contributed by atoms with E-state index in [4.69, 9.17) is 0 Å². The monoisotopic (exact) mass is 657 g/mol. The summed E-state index contributed by atoms with van der Waals surface area (Å²) in [5.41, 5.74) is 2.00. The van der Waals surface area contributed by atoms with Gasteiger partial charge in [0.1, 0.15) is 12.1 Å².